The number of hydrogen-bond acceptors (Lipinski definition) is 5. The summed E-state index contributed by atoms with van der Waals surface area (Å²) in [5, 5.41) is 2.67. The normalized spacial score (nSPS) is 10.9. The van der Waals surface area contributed by atoms with Crippen molar-refractivity contribution >= 4 is 11.6 Å². The van der Waals surface area contributed by atoms with Crippen LogP contribution < -0.4 is 19.5 Å². The van der Waals surface area contributed by atoms with Gasteiger partial charge in [0.25, 0.3) is 5.91 Å². The number of hydrogen-bond donors (Lipinski definition) is 1. The van der Waals surface area contributed by atoms with Crippen molar-refractivity contribution in [3.05, 3.63) is 78.1 Å². The van der Waals surface area contributed by atoms with Gasteiger partial charge in [-0.05, 0) is 42.5 Å². The molecule has 156 valence electrons. The van der Waals surface area contributed by atoms with Gasteiger partial charge >= 0.3 is 6.36 Å². The van der Waals surface area contributed by atoms with Gasteiger partial charge in [-0.2, -0.15) is 0 Å². The molecule has 1 heterocycles. The second kappa shape index (κ2) is 9.17. The molecule has 0 radical (unpaired) electrons. The number of pyridine rings is 1. The van der Waals surface area contributed by atoms with Gasteiger partial charge < -0.3 is 19.5 Å². The van der Waals surface area contributed by atoms with E-state index < -0.39 is 18.0 Å². The maximum Gasteiger partial charge on any atom is 0.573 e. The number of nitrogens with one attached hydrogen (secondary N) is 1. The van der Waals surface area contributed by atoms with E-state index in [1.54, 1.807) is 36.7 Å². The Morgan fingerprint density at radius 2 is 1.83 bits per heavy atom. The van der Waals surface area contributed by atoms with Crippen LogP contribution in [0.25, 0.3) is 0 Å². The first-order valence-corrected chi connectivity index (χ1v) is 8.71. The first-order valence-electron chi connectivity index (χ1n) is 8.71. The van der Waals surface area contributed by atoms with Crippen LogP contribution >= 0.6 is 0 Å². The van der Waals surface area contributed by atoms with E-state index >= 15 is 0 Å². The number of carbonyl (C=O) groups excluding carboxylic acids is 1. The summed E-state index contributed by atoms with van der Waals surface area (Å²) >= 11 is 0. The quantitative estimate of drug-likeness (QED) is 0.596. The molecule has 0 atom stereocenters. The maximum absolute atomic E-state index is 12.4. The van der Waals surface area contributed by atoms with E-state index in [4.69, 9.17) is 9.47 Å². The molecule has 0 spiro atoms. The van der Waals surface area contributed by atoms with E-state index in [1.165, 1.54) is 19.2 Å². The predicted molar refractivity (Wildman–Crippen MR) is 103 cm³/mol. The average molecular weight is 418 g/mol. The summed E-state index contributed by atoms with van der Waals surface area (Å²) in [7, 11) is 1.50. The van der Waals surface area contributed by atoms with Crippen LogP contribution in [0.1, 0.15) is 15.9 Å². The summed E-state index contributed by atoms with van der Waals surface area (Å²) in [5.74, 6) is -0.0230. The van der Waals surface area contributed by atoms with Crippen LogP contribution in [-0.2, 0) is 6.61 Å². The highest BCUT2D eigenvalue weighted by atomic mass is 19.4. The van der Waals surface area contributed by atoms with Gasteiger partial charge in [0, 0.05) is 35.3 Å². The van der Waals surface area contributed by atoms with E-state index in [1.807, 2.05) is 6.07 Å². The fourth-order valence-corrected chi connectivity index (χ4v) is 2.52. The molecule has 30 heavy (non-hydrogen) atoms. The van der Waals surface area contributed by atoms with Crippen molar-refractivity contribution in [2.75, 3.05) is 12.4 Å². The van der Waals surface area contributed by atoms with Gasteiger partial charge in [0.2, 0.25) is 0 Å². The smallest absolute Gasteiger partial charge is 0.493 e. The zero-order valence-corrected chi connectivity index (χ0v) is 15.8. The van der Waals surface area contributed by atoms with Crippen molar-refractivity contribution < 1.29 is 32.2 Å². The zero-order chi connectivity index (χ0) is 21.6. The molecule has 0 saturated heterocycles. The molecular weight excluding hydrogens is 401 g/mol. The number of anilines is 1. The van der Waals surface area contributed by atoms with Gasteiger partial charge in [0.1, 0.15) is 12.4 Å². The van der Waals surface area contributed by atoms with Crippen LogP contribution in [0.3, 0.4) is 0 Å². The molecule has 0 fully saturated rings. The van der Waals surface area contributed by atoms with E-state index in [-0.39, 0.29) is 12.2 Å². The molecule has 3 aromatic rings. The van der Waals surface area contributed by atoms with Crippen LogP contribution in [-0.4, -0.2) is 24.4 Å². The van der Waals surface area contributed by atoms with E-state index in [0.717, 1.165) is 17.7 Å². The highest BCUT2D eigenvalue weighted by Crippen LogP contribution is 2.31. The monoisotopic (exact) mass is 418 g/mol. The van der Waals surface area contributed by atoms with Gasteiger partial charge in [0.05, 0.1) is 7.11 Å². The Kier molecular flexibility index (Phi) is 6.41. The minimum Gasteiger partial charge on any atom is -0.493 e. The van der Waals surface area contributed by atoms with Crippen LogP contribution in [0.15, 0.2) is 67.0 Å². The molecule has 6 nitrogen and oxygen atoms in total. The Morgan fingerprint density at radius 3 is 2.47 bits per heavy atom. The zero-order valence-electron chi connectivity index (χ0n) is 15.8. The molecule has 0 aliphatic heterocycles. The number of halogens is 3. The topological polar surface area (TPSA) is 69.7 Å². The number of amides is 1. The number of benzene rings is 2. The number of methoxy groups -OCH3 is 1. The molecule has 1 N–H and O–H groups in total. The minimum absolute atomic E-state index is 0.165. The fourth-order valence-electron chi connectivity index (χ4n) is 2.52. The Morgan fingerprint density at radius 1 is 1.07 bits per heavy atom. The van der Waals surface area contributed by atoms with Crippen LogP contribution in [0.5, 0.6) is 17.2 Å². The lowest BCUT2D eigenvalue weighted by atomic mass is 10.2. The molecule has 1 aromatic heterocycles. The van der Waals surface area contributed by atoms with Gasteiger partial charge in [0.15, 0.2) is 11.5 Å². The third kappa shape index (κ3) is 5.87. The lowest BCUT2D eigenvalue weighted by molar-refractivity contribution is -0.274. The van der Waals surface area contributed by atoms with Crippen molar-refractivity contribution in [3.8, 4) is 17.2 Å². The standard InChI is InChI=1S/C21H17F3N2O4/c1-28-18-9-6-16(11-19(18)29-13-14-3-2-10-25-12-14)26-20(27)15-4-7-17(8-5-15)30-21(22,23)24/h2-12H,13H2,1H3,(H,26,27). The fraction of sp³-hybridized carbons (Fsp3) is 0.143. The van der Waals surface area contributed by atoms with Crippen molar-refractivity contribution in [3.63, 3.8) is 0 Å². The van der Waals surface area contributed by atoms with E-state index in [2.05, 4.69) is 15.0 Å². The lowest BCUT2D eigenvalue weighted by Gasteiger charge is -2.13. The SMILES string of the molecule is COc1ccc(NC(=O)c2ccc(OC(F)(F)F)cc2)cc1OCc1cccnc1. The summed E-state index contributed by atoms with van der Waals surface area (Å²) in [6.45, 7) is 0.252. The summed E-state index contributed by atoms with van der Waals surface area (Å²) in [6, 6.07) is 13.1. The third-order valence-electron chi connectivity index (χ3n) is 3.89. The van der Waals surface area contributed by atoms with Gasteiger partial charge in [-0.25, -0.2) is 0 Å². The van der Waals surface area contributed by atoms with E-state index in [9.17, 15) is 18.0 Å². The molecule has 2 aromatic carbocycles. The Bertz CT molecular complexity index is 993. The number of alkyl halides is 3. The molecule has 0 aliphatic carbocycles. The van der Waals surface area contributed by atoms with Crippen LogP contribution in [0.4, 0.5) is 18.9 Å². The molecule has 0 bridgehead atoms. The number of ether oxygens (including phenoxy) is 3. The first-order chi connectivity index (χ1) is 14.3. The molecule has 9 heteroatoms. The Balaban J connectivity index is 1.69. The second-order valence-corrected chi connectivity index (χ2v) is 6.04. The van der Waals surface area contributed by atoms with Crippen molar-refractivity contribution in [2.45, 2.75) is 13.0 Å². The second-order valence-electron chi connectivity index (χ2n) is 6.04. The van der Waals surface area contributed by atoms with Crippen LogP contribution in [0.2, 0.25) is 0 Å². The maximum atomic E-state index is 12.4. The van der Waals surface area contributed by atoms with Crippen molar-refractivity contribution in [2.24, 2.45) is 0 Å². The molecular formula is C21H17F3N2O4. The molecule has 0 unspecified atom stereocenters. The number of nitrogens with zero attached hydrogens (tertiary/aromatic N) is 1. The summed E-state index contributed by atoms with van der Waals surface area (Å²) < 4.78 is 51.5. The van der Waals surface area contributed by atoms with Gasteiger partial charge in [-0.3, -0.25) is 9.78 Å². The van der Waals surface area contributed by atoms with E-state index in [0.29, 0.717) is 17.2 Å². The van der Waals surface area contributed by atoms with Gasteiger partial charge in [-0.1, -0.05) is 6.07 Å². The molecule has 1 amide bonds. The number of rotatable bonds is 7. The molecule has 3 rings (SSSR count). The molecule has 0 aliphatic rings. The highest BCUT2D eigenvalue weighted by Gasteiger charge is 2.31. The molecule has 0 saturated carbocycles. The largest absolute Gasteiger partial charge is 0.573 e. The van der Waals surface area contributed by atoms with Gasteiger partial charge in [-0.15, -0.1) is 13.2 Å². The predicted octanol–water partition coefficient (Wildman–Crippen LogP) is 4.82. The summed E-state index contributed by atoms with van der Waals surface area (Å²) in [5.41, 5.74) is 1.45. The number of aromatic nitrogens is 1. The minimum atomic E-state index is -4.79. The number of carbonyl (C=O) groups is 1. The Hall–Kier alpha value is -3.75. The third-order valence-corrected chi connectivity index (χ3v) is 3.89. The summed E-state index contributed by atoms with van der Waals surface area (Å²) in [4.78, 5) is 16.4. The van der Waals surface area contributed by atoms with Crippen molar-refractivity contribution in [1.29, 1.82) is 0 Å². The van der Waals surface area contributed by atoms with Crippen LogP contribution in [0, 0.1) is 0 Å². The average Bonchev–Trinajstić information content (AvgIpc) is 2.72. The summed E-state index contributed by atoms with van der Waals surface area (Å²) in [6.07, 6.45) is -1.47. The van der Waals surface area contributed by atoms with Crippen molar-refractivity contribution in [1.82, 2.24) is 4.98 Å². The lowest BCUT2D eigenvalue weighted by Crippen LogP contribution is -2.17. The first kappa shape index (κ1) is 21.0. The highest BCUT2D eigenvalue weighted by molar-refractivity contribution is 6.04. The Labute approximate surface area is 170 Å².